The molecule has 1 amide bonds. The number of aryl methyl sites for hydroxylation is 1. The quantitative estimate of drug-likeness (QED) is 0.578. The molecule has 0 unspecified atom stereocenters. The molecule has 0 spiro atoms. The molecule has 0 bridgehead atoms. The van der Waals surface area contributed by atoms with E-state index in [9.17, 15) is 10.1 Å². The molecular formula is C24H23N5O2. The lowest BCUT2D eigenvalue weighted by Gasteiger charge is -2.26. The van der Waals surface area contributed by atoms with Crippen LogP contribution in [-0.4, -0.2) is 38.8 Å². The normalized spacial score (nSPS) is 13.6. The monoisotopic (exact) mass is 413 g/mol. The van der Waals surface area contributed by atoms with Crippen LogP contribution in [0.2, 0.25) is 0 Å². The molecule has 3 aromatic rings. The fourth-order valence-corrected chi connectivity index (χ4v) is 3.66. The molecule has 0 aliphatic carbocycles. The minimum atomic E-state index is 0.256. The van der Waals surface area contributed by atoms with Crippen molar-refractivity contribution in [3.8, 4) is 28.8 Å². The van der Waals surface area contributed by atoms with E-state index in [0.717, 1.165) is 55.6 Å². The third-order valence-electron chi connectivity index (χ3n) is 5.27. The molecule has 3 heterocycles. The molecule has 0 atom stereocenters. The van der Waals surface area contributed by atoms with Crippen LogP contribution in [0, 0.1) is 11.3 Å². The van der Waals surface area contributed by atoms with Gasteiger partial charge in [0.15, 0.2) is 0 Å². The lowest BCUT2D eigenvalue weighted by Crippen LogP contribution is -2.36. The number of amides is 1. The van der Waals surface area contributed by atoms with Gasteiger partial charge in [-0.3, -0.25) is 14.8 Å². The molecule has 0 saturated carbocycles. The largest absolute Gasteiger partial charge is 0.437 e. The van der Waals surface area contributed by atoms with Crippen molar-refractivity contribution in [1.82, 2.24) is 19.9 Å². The number of piperidine rings is 1. The highest BCUT2D eigenvalue weighted by Crippen LogP contribution is 2.26. The van der Waals surface area contributed by atoms with E-state index in [1.807, 2.05) is 35.2 Å². The van der Waals surface area contributed by atoms with Crippen molar-refractivity contribution in [2.45, 2.75) is 32.1 Å². The second-order valence-electron chi connectivity index (χ2n) is 7.45. The van der Waals surface area contributed by atoms with Crippen molar-refractivity contribution < 1.29 is 9.53 Å². The molecular weight excluding hydrogens is 390 g/mol. The average Bonchev–Trinajstić information content (AvgIpc) is 2.81. The number of likely N-dealkylation sites (tertiary alicyclic amines) is 1. The number of pyridine rings is 1. The molecule has 7 heteroatoms. The van der Waals surface area contributed by atoms with Crippen molar-refractivity contribution in [1.29, 1.82) is 5.26 Å². The number of benzene rings is 1. The van der Waals surface area contributed by atoms with Gasteiger partial charge >= 0.3 is 0 Å². The van der Waals surface area contributed by atoms with Gasteiger partial charge in [-0.25, -0.2) is 4.98 Å². The SMILES string of the molecule is N#Cc1cnccc1-c1ccc(Oc2cncc(CCCN3CCCCC3=O)n2)cc1. The Morgan fingerprint density at radius 2 is 1.94 bits per heavy atom. The molecule has 1 fully saturated rings. The van der Waals surface area contributed by atoms with E-state index < -0.39 is 0 Å². The Kier molecular flexibility index (Phi) is 6.48. The maximum atomic E-state index is 11.9. The van der Waals surface area contributed by atoms with Crippen molar-refractivity contribution in [2.75, 3.05) is 13.1 Å². The summed E-state index contributed by atoms with van der Waals surface area (Å²) >= 11 is 0. The first-order chi connectivity index (χ1) is 15.2. The Morgan fingerprint density at radius 1 is 1.06 bits per heavy atom. The van der Waals surface area contributed by atoms with E-state index in [0.29, 0.717) is 23.6 Å². The Hall–Kier alpha value is -3.79. The van der Waals surface area contributed by atoms with Crippen molar-refractivity contribution in [3.63, 3.8) is 0 Å². The summed E-state index contributed by atoms with van der Waals surface area (Å²) in [5.41, 5.74) is 3.12. The number of hydrogen-bond donors (Lipinski definition) is 0. The second kappa shape index (κ2) is 9.81. The summed E-state index contributed by atoms with van der Waals surface area (Å²) in [5, 5.41) is 9.25. The first-order valence-electron chi connectivity index (χ1n) is 10.4. The molecule has 1 aliphatic heterocycles. The van der Waals surface area contributed by atoms with Gasteiger partial charge in [0.25, 0.3) is 0 Å². The fraction of sp³-hybridized carbons (Fsp3) is 0.292. The van der Waals surface area contributed by atoms with Gasteiger partial charge in [0.1, 0.15) is 11.8 Å². The van der Waals surface area contributed by atoms with E-state index in [1.165, 1.54) is 0 Å². The molecule has 0 radical (unpaired) electrons. The zero-order chi connectivity index (χ0) is 21.5. The van der Waals surface area contributed by atoms with E-state index in [-0.39, 0.29) is 5.91 Å². The van der Waals surface area contributed by atoms with Crippen LogP contribution in [0.15, 0.2) is 55.1 Å². The zero-order valence-electron chi connectivity index (χ0n) is 17.2. The number of aromatic nitrogens is 3. The molecule has 0 N–H and O–H groups in total. The number of hydrogen-bond acceptors (Lipinski definition) is 6. The van der Waals surface area contributed by atoms with E-state index in [2.05, 4.69) is 21.0 Å². The van der Waals surface area contributed by atoms with Crippen LogP contribution in [0.25, 0.3) is 11.1 Å². The van der Waals surface area contributed by atoms with Gasteiger partial charge in [-0.1, -0.05) is 12.1 Å². The van der Waals surface area contributed by atoms with Gasteiger partial charge in [-0.15, -0.1) is 0 Å². The van der Waals surface area contributed by atoms with E-state index in [1.54, 1.807) is 24.8 Å². The van der Waals surface area contributed by atoms with Gasteiger partial charge in [0, 0.05) is 43.7 Å². The first kappa shape index (κ1) is 20.5. The molecule has 7 nitrogen and oxygen atoms in total. The standard InChI is InChI=1S/C24H23N5O2/c25-14-19-15-26-11-10-22(19)18-6-8-21(9-7-18)31-23-17-27-16-20(28-23)4-3-13-29-12-2-1-5-24(29)30/h6-11,15-17H,1-5,12-13H2. The van der Waals surface area contributed by atoms with Crippen molar-refractivity contribution >= 4 is 5.91 Å². The molecule has 2 aromatic heterocycles. The molecule has 1 saturated heterocycles. The topological polar surface area (TPSA) is 92.0 Å². The summed E-state index contributed by atoms with van der Waals surface area (Å²) in [5.74, 6) is 1.33. The fourth-order valence-electron chi connectivity index (χ4n) is 3.66. The summed E-state index contributed by atoms with van der Waals surface area (Å²) in [4.78, 5) is 26.6. The molecule has 31 heavy (non-hydrogen) atoms. The Labute approximate surface area is 181 Å². The van der Waals surface area contributed by atoms with E-state index in [4.69, 9.17) is 4.74 Å². The van der Waals surface area contributed by atoms with Gasteiger partial charge in [-0.2, -0.15) is 5.26 Å². The highest BCUT2D eigenvalue weighted by Gasteiger charge is 2.17. The summed E-state index contributed by atoms with van der Waals surface area (Å²) in [7, 11) is 0. The molecule has 1 aromatic carbocycles. The van der Waals surface area contributed by atoms with Crippen molar-refractivity contribution in [2.24, 2.45) is 0 Å². The van der Waals surface area contributed by atoms with Gasteiger partial charge in [0.05, 0.1) is 17.5 Å². The van der Waals surface area contributed by atoms with Crippen LogP contribution in [0.3, 0.4) is 0 Å². The summed E-state index contributed by atoms with van der Waals surface area (Å²) in [6.45, 7) is 1.62. The number of rotatable bonds is 7. The highest BCUT2D eigenvalue weighted by molar-refractivity contribution is 5.76. The Balaban J connectivity index is 1.36. The summed E-state index contributed by atoms with van der Waals surface area (Å²) in [6, 6.07) is 11.5. The minimum absolute atomic E-state index is 0.256. The Bertz CT molecular complexity index is 1090. The molecule has 156 valence electrons. The third-order valence-corrected chi connectivity index (χ3v) is 5.27. The second-order valence-corrected chi connectivity index (χ2v) is 7.45. The first-order valence-corrected chi connectivity index (χ1v) is 10.4. The number of ether oxygens (including phenoxy) is 1. The lowest BCUT2D eigenvalue weighted by atomic mass is 10.0. The van der Waals surface area contributed by atoms with Gasteiger partial charge in [-0.05, 0) is 49.4 Å². The van der Waals surface area contributed by atoms with Crippen molar-refractivity contribution in [3.05, 3.63) is 66.4 Å². The van der Waals surface area contributed by atoms with Crippen LogP contribution in [-0.2, 0) is 11.2 Å². The predicted octanol–water partition coefficient (Wildman–Crippen LogP) is 4.15. The number of nitrogens with zero attached hydrogens (tertiary/aromatic N) is 5. The lowest BCUT2D eigenvalue weighted by molar-refractivity contribution is -0.133. The van der Waals surface area contributed by atoms with Crippen LogP contribution in [0.1, 0.15) is 36.9 Å². The summed E-state index contributed by atoms with van der Waals surface area (Å²) < 4.78 is 5.86. The average molecular weight is 413 g/mol. The zero-order valence-corrected chi connectivity index (χ0v) is 17.2. The van der Waals surface area contributed by atoms with Crippen LogP contribution < -0.4 is 4.74 Å². The van der Waals surface area contributed by atoms with Crippen LogP contribution >= 0.6 is 0 Å². The summed E-state index contributed by atoms with van der Waals surface area (Å²) in [6.07, 6.45) is 10.9. The smallest absolute Gasteiger partial charge is 0.238 e. The predicted molar refractivity (Wildman–Crippen MR) is 115 cm³/mol. The Morgan fingerprint density at radius 3 is 2.74 bits per heavy atom. The minimum Gasteiger partial charge on any atom is -0.437 e. The van der Waals surface area contributed by atoms with Crippen LogP contribution in [0.4, 0.5) is 0 Å². The number of nitriles is 1. The van der Waals surface area contributed by atoms with Gasteiger partial charge in [0.2, 0.25) is 11.8 Å². The molecule has 4 rings (SSSR count). The number of carbonyl (C=O) groups is 1. The molecule has 1 aliphatic rings. The van der Waals surface area contributed by atoms with Crippen LogP contribution in [0.5, 0.6) is 11.6 Å². The maximum Gasteiger partial charge on any atom is 0.238 e. The highest BCUT2D eigenvalue weighted by atomic mass is 16.5. The maximum absolute atomic E-state index is 11.9. The number of carbonyl (C=O) groups excluding carboxylic acids is 1. The van der Waals surface area contributed by atoms with Gasteiger partial charge < -0.3 is 9.64 Å². The third kappa shape index (κ3) is 5.23. The van der Waals surface area contributed by atoms with E-state index >= 15 is 0 Å².